The van der Waals surface area contributed by atoms with Gasteiger partial charge >= 0.3 is 0 Å². The number of hydrogen-bond acceptors (Lipinski definition) is 1. The van der Waals surface area contributed by atoms with Crippen molar-refractivity contribution in [1.29, 1.82) is 0 Å². The fourth-order valence-corrected chi connectivity index (χ4v) is 3.47. The lowest BCUT2D eigenvalue weighted by molar-refractivity contribution is -0.130. The Bertz CT molecular complexity index is 318. The molecule has 1 heterocycles. The van der Waals surface area contributed by atoms with Gasteiger partial charge in [-0.05, 0) is 44.9 Å². The number of unbranched alkanes of at least 4 members (excludes halogenated alkanes) is 11. The summed E-state index contributed by atoms with van der Waals surface area (Å²) in [6, 6.07) is 0. The number of amides is 1. The van der Waals surface area contributed by atoms with Gasteiger partial charge in [-0.15, -0.1) is 0 Å². The van der Waals surface area contributed by atoms with Crippen molar-refractivity contribution < 1.29 is 4.79 Å². The van der Waals surface area contributed by atoms with E-state index in [0.29, 0.717) is 5.91 Å². The topological polar surface area (TPSA) is 20.3 Å². The molecule has 24 heavy (non-hydrogen) atoms. The first kappa shape index (κ1) is 21.3. The number of rotatable bonds is 15. The molecular weight excluding hydrogens is 294 g/mol. The molecule has 0 unspecified atom stereocenters. The number of carbonyl (C=O) groups is 1. The minimum atomic E-state index is 0.381. The molecule has 1 rings (SSSR count). The van der Waals surface area contributed by atoms with Gasteiger partial charge in [0.25, 0.3) is 0 Å². The van der Waals surface area contributed by atoms with Crippen molar-refractivity contribution in [2.75, 3.05) is 13.1 Å². The molecule has 0 radical (unpaired) electrons. The highest BCUT2D eigenvalue weighted by molar-refractivity contribution is 5.76. The van der Waals surface area contributed by atoms with Crippen LogP contribution in [0, 0.1) is 0 Å². The quantitative estimate of drug-likeness (QED) is 0.242. The Morgan fingerprint density at radius 1 is 0.750 bits per heavy atom. The Morgan fingerprint density at radius 2 is 1.25 bits per heavy atom. The van der Waals surface area contributed by atoms with Gasteiger partial charge in [0.2, 0.25) is 5.91 Å². The van der Waals surface area contributed by atoms with E-state index in [1.54, 1.807) is 0 Å². The van der Waals surface area contributed by atoms with E-state index in [2.05, 4.69) is 19.1 Å². The molecule has 0 atom stereocenters. The predicted octanol–water partition coefficient (Wildman–Crippen LogP) is 6.65. The Hall–Kier alpha value is -0.790. The summed E-state index contributed by atoms with van der Waals surface area (Å²) in [6.45, 7) is 4.27. The van der Waals surface area contributed by atoms with Crippen molar-refractivity contribution in [2.24, 2.45) is 0 Å². The van der Waals surface area contributed by atoms with Crippen LogP contribution in [0.3, 0.4) is 0 Å². The molecule has 0 aromatic rings. The van der Waals surface area contributed by atoms with Crippen molar-refractivity contribution >= 4 is 5.91 Å². The maximum absolute atomic E-state index is 11.9. The van der Waals surface area contributed by atoms with E-state index >= 15 is 0 Å². The van der Waals surface area contributed by atoms with Crippen molar-refractivity contribution in [1.82, 2.24) is 4.90 Å². The first-order valence-electron chi connectivity index (χ1n) is 10.8. The Morgan fingerprint density at radius 3 is 1.83 bits per heavy atom. The van der Waals surface area contributed by atoms with Crippen LogP contribution < -0.4 is 0 Å². The second kappa shape index (κ2) is 15.7. The summed E-state index contributed by atoms with van der Waals surface area (Å²) in [4.78, 5) is 13.9. The van der Waals surface area contributed by atoms with Crippen LogP contribution >= 0.6 is 0 Å². The van der Waals surface area contributed by atoms with E-state index < -0.39 is 0 Å². The van der Waals surface area contributed by atoms with E-state index in [9.17, 15) is 4.79 Å². The standard InChI is InChI=1S/C22H41NO/c1-2-3-4-5-6-7-8-9-10-11-12-13-14-15-16-19-22(24)23-20-17-18-21-23/h12-13H,2-11,14-21H2,1H3/b13-12-. The summed E-state index contributed by atoms with van der Waals surface area (Å²) in [5.41, 5.74) is 0. The van der Waals surface area contributed by atoms with Gasteiger partial charge in [0.05, 0.1) is 0 Å². The van der Waals surface area contributed by atoms with Gasteiger partial charge in [-0.1, -0.05) is 70.4 Å². The minimum Gasteiger partial charge on any atom is -0.343 e. The van der Waals surface area contributed by atoms with Gasteiger partial charge in [-0.3, -0.25) is 4.79 Å². The lowest BCUT2D eigenvalue weighted by Crippen LogP contribution is -2.27. The van der Waals surface area contributed by atoms with Gasteiger partial charge in [-0.2, -0.15) is 0 Å². The van der Waals surface area contributed by atoms with Gasteiger partial charge in [0.1, 0.15) is 0 Å². The molecule has 1 saturated heterocycles. The maximum atomic E-state index is 11.9. The highest BCUT2D eigenvalue weighted by Gasteiger charge is 2.16. The van der Waals surface area contributed by atoms with Crippen molar-refractivity contribution in [3.05, 3.63) is 12.2 Å². The van der Waals surface area contributed by atoms with Gasteiger partial charge < -0.3 is 4.90 Å². The molecule has 0 aromatic carbocycles. The van der Waals surface area contributed by atoms with Crippen molar-refractivity contribution in [3.63, 3.8) is 0 Å². The first-order valence-corrected chi connectivity index (χ1v) is 10.8. The first-order chi connectivity index (χ1) is 11.8. The molecule has 0 bridgehead atoms. The number of hydrogen-bond donors (Lipinski definition) is 0. The summed E-state index contributed by atoms with van der Waals surface area (Å²) in [6.07, 6.45) is 25.1. The summed E-state index contributed by atoms with van der Waals surface area (Å²) in [5, 5.41) is 0. The molecular formula is C22H41NO. The molecule has 2 nitrogen and oxygen atoms in total. The van der Waals surface area contributed by atoms with E-state index in [0.717, 1.165) is 38.8 Å². The normalized spacial score (nSPS) is 14.8. The SMILES string of the molecule is CCCCCCCCCCC/C=C\CCCCC(=O)N1CCCC1. The predicted molar refractivity (Wildman–Crippen MR) is 105 cm³/mol. The molecule has 0 aliphatic carbocycles. The molecule has 0 saturated carbocycles. The van der Waals surface area contributed by atoms with E-state index in [1.165, 1.54) is 77.0 Å². The highest BCUT2D eigenvalue weighted by atomic mass is 16.2. The van der Waals surface area contributed by atoms with Crippen LogP contribution in [0.4, 0.5) is 0 Å². The van der Waals surface area contributed by atoms with Crippen molar-refractivity contribution in [2.45, 2.75) is 110 Å². The van der Waals surface area contributed by atoms with E-state index in [-0.39, 0.29) is 0 Å². The number of allylic oxidation sites excluding steroid dienone is 2. The van der Waals surface area contributed by atoms with Crippen LogP contribution in [-0.4, -0.2) is 23.9 Å². The third-order valence-corrected chi connectivity index (χ3v) is 5.11. The second-order valence-electron chi connectivity index (χ2n) is 7.42. The molecule has 140 valence electrons. The lowest BCUT2D eigenvalue weighted by Gasteiger charge is -2.14. The van der Waals surface area contributed by atoms with Crippen LogP contribution in [0.1, 0.15) is 110 Å². The minimum absolute atomic E-state index is 0.381. The maximum Gasteiger partial charge on any atom is 0.222 e. The monoisotopic (exact) mass is 335 g/mol. The molecule has 1 fully saturated rings. The molecule has 2 heteroatoms. The Labute approximate surface area is 151 Å². The zero-order valence-corrected chi connectivity index (χ0v) is 16.2. The number of nitrogens with zero attached hydrogens (tertiary/aromatic N) is 1. The summed E-state index contributed by atoms with van der Waals surface area (Å²) in [7, 11) is 0. The molecule has 1 aliphatic heterocycles. The largest absolute Gasteiger partial charge is 0.343 e. The van der Waals surface area contributed by atoms with E-state index in [1.807, 2.05) is 4.90 Å². The number of carbonyl (C=O) groups excluding carboxylic acids is 1. The highest BCUT2D eigenvalue weighted by Crippen LogP contribution is 2.12. The van der Waals surface area contributed by atoms with Gasteiger partial charge in [0.15, 0.2) is 0 Å². The Kier molecular flexibility index (Phi) is 13.9. The van der Waals surface area contributed by atoms with Crippen LogP contribution in [0.15, 0.2) is 12.2 Å². The van der Waals surface area contributed by atoms with Crippen LogP contribution in [-0.2, 0) is 4.79 Å². The third kappa shape index (κ3) is 11.7. The Balaban J connectivity index is 1.77. The van der Waals surface area contributed by atoms with Crippen molar-refractivity contribution in [3.8, 4) is 0 Å². The fourth-order valence-electron chi connectivity index (χ4n) is 3.47. The molecule has 1 amide bonds. The molecule has 0 N–H and O–H groups in total. The van der Waals surface area contributed by atoms with Gasteiger partial charge in [-0.25, -0.2) is 0 Å². The zero-order valence-electron chi connectivity index (χ0n) is 16.2. The second-order valence-corrected chi connectivity index (χ2v) is 7.42. The lowest BCUT2D eigenvalue weighted by atomic mass is 10.1. The van der Waals surface area contributed by atoms with Crippen LogP contribution in [0.25, 0.3) is 0 Å². The molecule has 1 aliphatic rings. The summed E-state index contributed by atoms with van der Waals surface area (Å²) < 4.78 is 0. The third-order valence-electron chi connectivity index (χ3n) is 5.11. The van der Waals surface area contributed by atoms with Gasteiger partial charge in [0, 0.05) is 19.5 Å². The summed E-state index contributed by atoms with van der Waals surface area (Å²) >= 11 is 0. The van der Waals surface area contributed by atoms with E-state index in [4.69, 9.17) is 0 Å². The fraction of sp³-hybridized carbons (Fsp3) is 0.864. The zero-order chi connectivity index (χ0) is 17.3. The average molecular weight is 336 g/mol. The summed E-state index contributed by atoms with van der Waals surface area (Å²) in [5.74, 6) is 0.381. The molecule has 0 aromatic heterocycles. The van der Waals surface area contributed by atoms with Crippen LogP contribution in [0.5, 0.6) is 0 Å². The molecule has 0 spiro atoms. The average Bonchev–Trinajstić information content (AvgIpc) is 3.13. The van der Waals surface area contributed by atoms with Crippen LogP contribution in [0.2, 0.25) is 0 Å². The smallest absolute Gasteiger partial charge is 0.222 e. The number of likely N-dealkylation sites (tertiary alicyclic amines) is 1.